The van der Waals surface area contributed by atoms with Gasteiger partial charge in [0.15, 0.2) is 0 Å². The number of aryl methyl sites for hydroxylation is 2. The Hall–Kier alpha value is -2.70. The van der Waals surface area contributed by atoms with Crippen LogP contribution in [0.4, 0.5) is 0 Å². The number of esters is 1. The Labute approximate surface area is 182 Å². The van der Waals surface area contributed by atoms with E-state index in [-0.39, 0.29) is 18.0 Å². The monoisotopic (exact) mass is 429 g/mol. The molecule has 0 saturated heterocycles. The second-order valence-corrected chi connectivity index (χ2v) is 7.13. The predicted molar refractivity (Wildman–Crippen MR) is 114 cm³/mol. The summed E-state index contributed by atoms with van der Waals surface area (Å²) in [5, 5.41) is 0.519. The molecular weight excluding hydrogens is 402 g/mol. The number of likely N-dealkylation sites (N-methyl/N-ethyl adjacent to an activating group) is 1. The molecule has 7 heteroatoms. The van der Waals surface area contributed by atoms with Crippen molar-refractivity contribution in [3.05, 3.63) is 69.8 Å². The van der Waals surface area contributed by atoms with E-state index in [0.717, 1.165) is 25.2 Å². The molecule has 0 radical (unpaired) electrons. The van der Waals surface area contributed by atoms with Gasteiger partial charge in [-0.25, -0.2) is 9.78 Å². The van der Waals surface area contributed by atoms with Gasteiger partial charge in [0.05, 0.1) is 35.2 Å². The van der Waals surface area contributed by atoms with Crippen molar-refractivity contribution in [3.8, 4) is 5.69 Å². The van der Waals surface area contributed by atoms with Gasteiger partial charge in [-0.05, 0) is 51.5 Å². The van der Waals surface area contributed by atoms with E-state index < -0.39 is 5.97 Å². The summed E-state index contributed by atoms with van der Waals surface area (Å²) in [4.78, 5) is 32.0. The molecule has 0 aliphatic heterocycles. The number of ether oxygens (including phenoxy) is 1. The number of halogens is 1. The number of nitrogens with zero attached hydrogens (tertiary/aromatic N) is 2. The standard InChI is InChI=1S/C23H27N3O3.ClH/c1-5-25(6-2)14-15-29-23(28)19-12-9-10-16(3)21(19)26-17(4)24-20-13-8-7-11-18(20)22(26)27;/h7-13H,5-6,14-15H2,1-4H3;1H. The van der Waals surface area contributed by atoms with Crippen LogP contribution >= 0.6 is 0 Å². The normalized spacial score (nSPS) is 10.8. The van der Waals surface area contributed by atoms with E-state index in [2.05, 4.69) is 18.8 Å². The zero-order valence-electron chi connectivity index (χ0n) is 17.9. The van der Waals surface area contributed by atoms with E-state index in [1.807, 2.05) is 31.2 Å². The van der Waals surface area contributed by atoms with Crippen LogP contribution in [-0.2, 0) is 4.74 Å². The largest absolute Gasteiger partial charge is 1.00 e. The van der Waals surface area contributed by atoms with Gasteiger partial charge in [0.25, 0.3) is 5.56 Å². The zero-order chi connectivity index (χ0) is 21.0. The van der Waals surface area contributed by atoms with E-state index >= 15 is 0 Å². The van der Waals surface area contributed by atoms with Gasteiger partial charge in [0.2, 0.25) is 0 Å². The number of carbonyl (C=O) groups excluding carboxylic acids is 1. The van der Waals surface area contributed by atoms with E-state index in [4.69, 9.17) is 4.74 Å². The first-order chi connectivity index (χ1) is 14.0. The summed E-state index contributed by atoms with van der Waals surface area (Å²) in [6, 6.07) is 12.6. The number of hydrogen-bond acceptors (Lipinski definition) is 4. The fraction of sp³-hybridized carbons (Fsp3) is 0.348. The van der Waals surface area contributed by atoms with Crippen molar-refractivity contribution in [2.45, 2.75) is 27.7 Å². The first kappa shape index (κ1) is 23.6. The Balaban J connectivity index is 0.00000320. The van der Waals surface area contributed by atoms with Gasteiger partial charge in [0.1, 0.15) is 19.0 Å². The maximum Gasteiger partial charge on any atom is 0.340 e. The number of benzene rings is 2. The van der Waals surface area contributed by atoms with Crippen LogP contribution in [0.15, 0.2) is 47.3 Å². The number of rotatable bonds is 7. The smallest absolute Gasteiger partial charge is 0.340 e. The molecule has 160 valence electrons. The van der Waals surface area contributed by atoms with Crippen LogP contribution in [0.5, 0.6) is 0 Å². The molecule has 0 atom stereocenters. The summed E-state index contributed by atoms with van der Waals surface area (Å²) in [6.07, 6.45) is 0. The second-order valence-electron chi connectivity index (χ2n) is 7.13. The Bertz CT molecular complexity index is 1090. The Morgan fingerprint density at radius 2 is 1.77 bits per heavy atom. The minimum Gasteiger partial charge on any atom is -1.00 e. The lowest BCUT2D eigenvalue weighted by molar-refractivity contribution is -0.896. The molecule has 0 bridgehead atoms. The van der Waals surface area contributed by atoms with Gasteiger partial charge in [-0.15, -0.1) is 0 Å². The number of carbonyl (C=O) groups is 1. The van der Waals surface area contributed by atoms with Crippen LogP contribution in [0, 0.1) is 13.8 Å². The number of fused-ring (bicyclic) bond motifs is 1. The highest BCUT2D eigenvalue weighted by molar-refractivity contribution is 5.94. The molecule has 0 saturated carbocycles. The van der Waals surface area contributed by atoms with Crippen LogP contribution in [0.1, 0.15) is 35.6 Å². The highest BCUT2D eigenvalue weighted by atomic mass is 35.5. The topological polar surface area (TPSA) is 65.6 Å². The third-order valence-electron chi connectivity index (χ3n) is 5.31. The molecule has 6 nitrogen and oxygen atoms in total. The van der Waals surface area contributed by atoms with Gasteiger partial charge in [-0.3, -0.25) is 9.36 Å². The third-order valence-corrected chi connectivity index (χ3v) is 5.31. The summed E-state index contributed by atoms with van der Waals surface area (Å²) >= 11 is 0. The molecule has 2 aromatic carbocycles. The van der Waals surface area contributed by atoms with Crippen molar-refractivity contribution in [2.75, 3.05) is 26.2 Å². The van der Waals surface area contributed by atoms with Crippen molar-refractivity contribution in [2.24, 2.45) is 0 Å². The van der Waals surface area contributed by atoms with E-state index in [1.165, 1.54) is 9.47 Å². The fourth-order valence-corrected chi connectivity index (χ4v) is 3.60. The summed E-state index contributed by atoms with van der Waals surface area (Å²) in [7, 11) is 0. The summed E-state index contributed by atoms with van der Waals surface area (Å²) in [5.74, 6) is 0.111. The minimum absolute atomic E-state index is 0. The number of nitrogens with one attached hydrogen (secondary N) is 1. The molecule has 0 fully saturated rings. The highest BCUT2D eigenvalue weighted by Gasteiger charge is 2.20. The van der Waals surface area contributed by atoms with Crippen LogP contribution in [0.3, 0.4) is 0 Å². The maximum atomic E-state index is 13.2. The molecule has 3 aromatic rings. The van der Waals surface area contributed by atoms with Crippen LogP contribution in [0.2, 0.25) is 0 Å². The average Bonchev–Trinajstić information content (AvgIpc) is 2.72. The van der Waals surface area contributed by atoms with Crippen molar-refractivity contribution < 1.29 is 26.8 Å². The first-order valence-electron chi connectivity index (χ1n) is 10.1. The lowest BCUT2D eigenvalue weighted by Crippen LogP contribution is -3.11. The minimum atomic E-state index is -0.422. The zero-order valence-corrected chi connectivity index (χ0v) is 18.6. The van der Waals surface area contributed by atoms with Crippen molar-refractivity contribution >= 4 is 16.9 Å². The summed E-state index contributed by atoms with van der Waals surface area (Å²) in [6.45, 7) is 11.0. The molecule has 0 amide bonds. The molecule has 1 N–H and O–H groups in total. The fourth-order valence-electron chi connectivity index (χ4n) is 3.60. The lowest BCUT2D eigenvalue weighted by atomic mass is 10.1. The molecular formula is C23H28ClN3O3. The molecule has 1 aromatic heterocycles. The molecule has 0 unspecified atom stereocenters. The Morgan fingerprint density at radius 3 is 2.47 bits per heavy atom. The molecule has 1 heterocycles. The predicted octanol–water partition coefficient (Wildman–Crippen LogP) is -0.912. The summed E-state index contributed by atoms with van der Waals surface area (Å²) in [5.41, 5.74) is 2.18. The van der Waals surface area contributed by atoms with E-state index in [0.29, 0.717) is 34.6 Å². The molecule has 0 aliphatic carbocycles. The van der Waals surface area contributed by atoms with Gasteiger partial charge in [-0.2, -0.15) is 0 Å². The Kier molecular flexibility index (Phi) is 8.15. The first-order valence-corrected chi connectivity index (χ1v) is 10.1. The van der Waals surface area contributed by atoms with Gasteiger partial charge in [-0.1, -0.05) is 24.3 Å². The average molecular weight is 430 g/mol. The number of para-hydroxylation sites is 2. The highest BCUT2D eigenvalue weighted by Crippen LogP contribution is 2.21. The van der Waals surface area contributed by atoms with Crippen molar-refractivity contribution in [1.29, 1.82) is 0 Å². The quantitative estimate of drug-likeness (QED) is 0.494. The lowest BCUT2D eigenvalue weighted by Gasteiger charge is -2.18. The molecule has 0 aliphatic rings. The second kappa shape index (κ2) is 10.4. The van der Waals surface area contributed by atoms with Crippen LogP contribution in [0.25, 0.3) is 16.6 Å². The van der Waals surface area contributed by atoms with Gasteiger partial charge < -0.3 is 22.0 Å². The van der Waals surface area contributed by atoms with Crippen LogP contribution in [-0.4, -0.2) is 41.8 Å². The van der Waals surface area contributed by atoms with Crippen LogP contribution < -0.4 is 22.9 Å². The van der Waals surface area contributed by atoms with Gasteiger partial charge in [0, 0.05) is 0 Å². The third kappa shape index (κ3) is 4.71. The van der Waals surface area contributed by atoms with Gasteiger partial charge >= 0.3 is 5.97 Å². The van der Waals surface area contributed by atoms with E-state index in [1.54, 1.807) is 25.1 Å². The van der Waals surface area contributed by atoms with E-state index in [9.17, 15) is 9.59 Å². The number of quaternary nitrogens is 1. The SMILES string of the molecule is CC[NH+](CC)CCOC(=O)c1cccc(C)c1-n1c(C)nc2ccccc2c1=O.[Cl-]. The molecule has 30 heavy (non-hydrogen) atoms. The van der Waals surface area contributed by atoms with Crippen molar-refractivity contribution in [3.63, 3.8) is 0 Å². The number of hydrogen-bond donors (Lipinski definition) is 1. The van der Waals surface area contributed by atoms with Crippen molar-refractivity contribution in [1.82, 2.24) is 9.55 Å². The summed E-state index contributed by atoms with van der Waals surface area (Å²) < 4.78 is 7.07. The molecule has 3 rings (SSSR count). The maximum absolute atomic E-state index is 13.2. The molecule has 0 spiro atoms. The number of aromatic nitrogens is 2. The Morgan fingerprint density at radius 1 is 1.07 bits per heavy atom.